The van der Waals surface area contributed by atoms with Crippen molar-refractivity contribution in [2.24, 2.45) is 5.92 Å². The Bertz CT molecular complexity index is 703. The van der Waals surface area contributed by atoms with E-state index in [-0.39, 0.29) is 17.9 Å². The molecule has 0 bridgehead atoms. The summed E-state index contributed by atoms with van der Waals surface area (Å²) < 4.78 is 1.59. The summed E-state index contributed by atoms with van der Waals surface area (Å²) in [4.78, 5) is 20.6. The highest BCUT2D eigenvalue weighted by Gasteiger charge is 2.29. The Hall–Kier alpha value is -2.18. The molecule has 7 nitrogen and oxygen atoms in total. The van der Waals surface area contributed by atoms with Crippen molar-refractivity contribution in [3.8, 4) is 0 Å². The highest BCUT2D eigenvalue weighted by Crippen LogP contribution is 2.32. The highest BCUT2D eigenvalue weighted by molar-refractivity contribution is 5.79. The third-order valence-electron chi connectivity index (χ3n) is 4.12. The Morgan fingerprint density at radius 2 is 2.14 bits per heavy atom. The van der Waals surface area contributed by atoms with Gasteiger partial charge in [-0.05, 0) is 39.5 Å². The molecule has 0 radical (unpaired) electrons. The number of hydrogen-bond acceptors (Lipinski definition) is 5. The van der Waals surface area contributed by atoms with Crippen LogP contribution < -0.4 is 11.1 Å². The van der Waals surface area contributed by atoms with Crippen LogP contribution in [0.4, 0.5) is 5.95 Å². The Kier molecular flexibility index (Phi) is 3.27. The van der Waals surface area contributed by atoms with Gasteiger partial charge >= 0.3 is 0 Å². The summed E-state index contributed by atoms with van der Waals surface area (Å²) >= 11 is 0. The smallest absolute Gasteiger partial charge is 0.254 e. The number of fused-ring (bicyclic) bond motifs is 1. The number of anilines is 1. The molecule has 7 heteroatoms. The number of nitrogen functional groups attached to an aromatic ring is 1. The minimum absolute atomic E-state index is 0.0230. The Balaban J connectivity index is 1.83. The molecule has 2 aromatic heterocycles. The zero-order chi connectivity index (χ0) is 15.1. The maximum Gasteiger partial charge on any atom is 0.254 e. The van der Waals surface area contributed by atoms with Gasteiger partial charge in [0.25, 0.3) is 5.78 Å². The molecule has 0 aliphatic heterocycles. The van der Waals surface area contributed by atoms with Crippen LogP contribution in [0.5, 0.6) is 0 Å². The van der Waals surface area contributed by atoms with Crippen LogP contribution in [-0.4, -0.2) is 31.5 Å². The van der Waals surface area contributed by atoms with E-state index in [0.717, 1.165) is 17.0 Å². The molecule has 0 spiro atoms. The van der Waals surface area contributed by atoms with Gasteiger partial charge in [0, 0.05) is 23.0 Å². The van der Waals surface area contributed by atoms with Crippen LogP contribution in [0.1, 0.15) is 36.7 Å². The Morgan fingerprint density at radius 1 is 1.43 bits per heavy atom. The molecule has 0 aromatic carbocycles. The predicted molar refractivity (Wildman–Crippen MR) is 78.7 cm³/mol. The average molecular weight is 288 g/mol. The van der Waals surface area contributed by atoms with Gasteiger partial charge in [0.05, 0.1) is 6.42 Å². The second kappa shape index (κ2) is 4.98. The number of rotatable bonds is 4. The second-order valence-corrected chi connectivity index (χ2v) is 5.81. The largest absolute Gasteiger partial charge is 0.366 e. The number of amides is 1. The molecule has 2 aromatic rings. The van der Waals surface area contributed by atoms with Crippen molar-refractivity contribution in [1.82, 2.24) is 24.9 Å². The zero-order valence-electron chi connectivity index (χ0n) is 12.6. The van der Waals surface area contributed by atoms with E-state index >= 15 is 0 Å². The SMILES string of the molecule is Cc1nc2nc(N)nn2c(C)c1CC(=O)N[C@@H](C)C1CC1. The Labute approximate surface area is 123 Å². The number of nitrogens with two attached hydrogens (primary N) is 1. The summed E-state index contributed by atoms with van der Waals surface area (Å²) in [6.45, 7) is 5.85. The predicted octanol–water partition coefficient (Wildman–Crippen LogP) is 0.781. The van der Waals surface area contributed by atoms with Gasteiger partial charge < -0.3 is 11.1 Å². The molecule has 21 heavy (non-hydrogen) atoms. The summed E-state index contributed by atoms with van der Waals surface area (Å²) in [6, 6.07) is 0.247. The van der Waals surface area contributed by atoms with Crippen LogP contribution in [0, 0.1) is 19.8 Å². The molecule has 1 fully saturated rings. The lowest BCUT2D eigenvalue weighted by Gasteiger charge is -2.14. The number of carbonyl (C=O) groups is 1. The van der Waals surface area contributed by atoms with Crippen LogP contribution >= 0.6 is 0 Å². The monoisotopic (exact) mass is 288 g/mol. The number of carbonyl (C=O) groups excluding carboxylic acids is 1. The molecule has 1 amide bonds. The number of aromatic nitrogens is 4. The van der Waals surface area contributed by atoms with E-state index < -0.39 is 0 Å². The molecule has 1 aliphatic carbocycles. The number of aryl methyl sites for hydroxylation is 2. The molecular weight excluding hydrogens is 268 g/mol. The fourth-order valence-electron chi connectivity index (χ4n) is 2.66. The van der Waals surface area contributed by atoms with Gasteiger partial charge in [-0.3, -0.25) is 4.79 Å². The lowest BCUT2D eigenvalue weighted by atomic mass is 10.1. The molecule has 2 heterocycles. The van der Waals surface area contributed by atoms with E-state index in [0.29, 0.717) is 18.1 Å². The van der Waals surface area contributed by atoms with E-state index in [1.165, 1.54) is 12.8 Å². The maximum absolute atomic E-state index is 12.2. The molecule has 3 N–H and O–H groups in total. The third-order valence-corrected chi connectivity index (χ3v) is 4.12. The van der Waals surface area contributed by atoms with Crippen molar-refractivity contribution >= 4 is 17.6 Å². The molecule has 0 saturated heterocycles. The first-order valence-corrected chi connectivity index (χ1v) is 7.23. The molecular formula is C14H20N6O. The van der Waals surface area contributed by atoms with Crippen molar-refractivity contribution in [3.05, 3.63) is 17.0 Å². The van der Waals surface area contributed by atoms with Crippen LogP contribution in [-0.2, 0) is 11.2 Å². The van der Waals surface area contributed by atoms with Crippen LogP contribution in [0.2, 0.25) is 0 Å². The molecule has 112 valence electrons. The maximum atomic E-state index is 12.2. The van der Waals surface area contributed by atoms with E-state index in [9.17, 15) is 4.79 Å². The van der Waals surface area contributed by atoms with Gasteiger partial charge in [-0.25, -0.2) is 4.98 Å². The van der Waals surface area contributed by atoms with Crippen LogP contribution in [0.25, 0.3) is 5.78 Å². The molecule has 0 unspecified atom stereocenters. The van der Waals surface area contributed by atoms with E-state index in [1.54, 1.807) is 4.52 Å². The van der Waals surface area contributed by atoms with Gasteiger partial charge in [-0.15, -0.1) is 5.10 Å². The Morgan fingerprint density at radius 3 is 2.81 bits per heavy atom. The first-order chi connectivity index (χ1) is 9.95. The van der Waals surface area contributed by atoms with Crippen LogP contribution in [0.15, 0.2) is 0 Å². The van der Waals surface area contributed by atoms with Crippen molar-refractivity contribution in [1.29, 1.82) is 0 Å². The minimum atomic E-state index is 0.0230. The van der Waals surface area contributed by atoms with Gasteiger partial charge in [-0.1, -0.05) is 0 Å². The second-order valence-electron chi connectivity index (χ2n) is 5.81. The van der Waals surface area contributed by atoms with Crippen molar-refractivity contribution in [3.63, 3.8) is 0 Å². The van der Waals surface area contributed by atoms with Gasteiger partial charge in [0.15, 0.2) is 0 Å². The lowest BCUT2D eigenvalue weighted by Crippen LogP contribution is -2.35. The van der Waals surface area contributed by atoms with Crippen LogP contribution in [0.3, 0.4) is 0 Å². The first-order valence-electron chi connectivity index (χ1n) is 7.23. The van der Waals surface area contributed by atoms with Crippen molar-refractivity contribution in [2.75, 3.05) is 5.73 Å². The third kappa shape index (κ3) is 2.68. The van der Waals surface area contributed by atoms with E-state index in [1.807, 2.05) is 13.8 Å². The van der Waals surface area contributed by atoms with Crippen molar-refractivity contribution in [2.45, 2.75) is 46.1 Å². The fourth-order valence-corrected chi connectivity index (χ4v) is 2.66. The highest BCUT2D eigenvalue weighted by atomic mass is 16.1. The van der Waals surface area contributed by atoms with Crippen molar-refractivity contribution < 1.29 is 4.79 Å². The van der Waals surface area contributed by atoms with E-state index in [4.69, 9.17) is 5.73 Å². The van der Waals surface area contributed by atoms with Gasteiger partial charge in [0.1, 0.15) is 0 Å². The normalized spacial score (nSPS) is 16.1. The summed E-state index contributed by atoms with van der Waals surface area (Å²) in [5.74, 6) is 1.33. The quantitative estimate of drug-likeness (QED) is 0.866. The molecule has 3 rings (SSSR count). The first kappa shape index (κ1) is 13.8. The number of hydrogen-bond donors (Lipinski definition) is 2. The zero-order valence-corrected chi connectivity index (χ0v) is 12.6. The van der Waals surface area contributed by atoms with Gasteiger partial charge in [-0.2, -0.15) is 9.50 Å². The number of nitrogens with one attached hydrogen (secondary N) is 1. The average Bonchev–Trinajstić information content (AvgIpc) is 3.18. The lowest BCUT2D eigenvalue weighted by molar-refractivity contribution is -0.121. The summed E-state index contributed by atoms with van der Waals surface area (Å²) in [5.41, 5.74) is 8.14. The number of nitrogens with zero attached hydrogens (tertiary/aromatic N) is 4. The topological polar surface area (TPSA) is 98.2 Å². The summed E-state index contributed by atoms with van der Waals surface area (Å²) in [5, 5.41) is 7.17. The molecule has 1 atom stereocenters. The summed E-state index contributed by atoms with van der Waals surface area (Å²) in [6.07, 6.45) is 2.73. The van der Waals surface area contributed by atoms with Gasteiger partial charge in [0.2, 0.25) is 11.9 Å². The standard InChI is InChI=1S/C14H20N6O/c1-7(10-4-5-10)16-12(21)6-11-8(2)17-14-18-13(15)19-20(14)9(11)3/h7,10H,4-6H2,1-3H3,(H2,15,19)(H,16,21)/t7-/m0/s1. The van der Waals surface area contributed by atoms with E-state index in [2.05, 4.69) is 27.3 Å². The fraction of sp³-hybridized carbons (Fsp3) is 0.571. The minimum Gasteiger partial charge on any atom is -0.366 e. The molecule has 1 aliphatic rings. The summed E-state index contributed by atoms with van der Waals surface area (Å²) in [7, 11) is 0. The molecule has 1 saturated carbocycles.